The molecule has 2 amide bonds. The van der Waals surface area contributed by atoms with Gasteiger partial charge in [0.05, 0.1) is 16.3 Å². The Balaban J connectivity index is 1.47. The average Bonchev–Trinajstić information content (AvgIpc) is 3.61. The van der Waals surface area contributed by atoms with Gasteiger partial charge in [-0.25, -0.2) is 14.1 Å². The van der Waals surface area contributed by atoms with Gasteiger partial charge in [0, 0.05) is 29.4 Å². The van der Waals surface area contributed by atoms with Crippen LogP contribution >= 0.6 is 23.2 Å². The van der Waals surface area contributed by atoms with Crippen LogP contribution in [0.1, 0.15) is 15.9 Å². The minimum absolute atomic E-state index is 0.0349. The fourth-order valence-electron chi connectivity index (χ4n) is 4.15. The van der Waals surface area contributed by atoms with Gasteiger partial charge in [-0.3, -0.25) is 9.59 Å². The van der Waals surface area contributed by atoms with Crippen LogP contribution in [0, 0.1) is 5.82 Å². The molecule has 12 heteroatoms. The fraction of sp³-hybridized carbons (Fsp3) is 0.111. The molecule has 0 saturated heterocycles. The molecule has 1 atom stereocenters. The molecule has 3 heterocycles. The van der Waals surface area contributed by atoms with E-state index >= 15 is 0 Å². The van der Waals surface area contributed by atoms with Crippen molar-refractivity contribution in [2.45, 2.75) is 18.2 Å². The molecule has 5 rings (SSSR count). The highest BCUT2D eigenvalue weighted by molar-refractivity contribution is 6.36. The highest BCUT2D eigenvalue weighted by Gasteiger charge is 2.51. The zero-order valence-corrected chi connectivity index (χ0v) is 21.6. The number of nitrogens with one attached hydrogen (secondary N) is 1. The Morgan fingerprint density at radius 1 is 1.08 bits per heavy atom. The van der Waals surface area contributed by atoms with Crippen LogP contribution in [0.3, 0.4) is 0 Å². The molecule has 39 heavy (non-hydrogen) atoms. The molecule has 2 aromatic carbocycles. The summed E-state index contributed by atoms with van der Waals surface area (Å²) in [6, 6.07) is 14.4. The lowest BCUT2D eigenvalue weighted by atomic mass is 9.97. The summed E-state index contributed by atoms with van der Waals surface area (Å²) in [5, 5.41) is 8.22. The minimum Gasteiger partial charge on any atom is -0.447 e. The number of nitrogens with two attached hydrogens (primary N) is 1. The summed E-state index contributed by atoms with van der Waals surface area (Å²) >= 11 is 12.3. The van der Waals surface area contributed by atoms with Crippen LogP contribution in [0.15, 0.2) is 85.6 Å². The first-order valence-electron chi connectivity index (χ1n) is 11.6. The van der Waals surface area contributed by atoms with E-state index in [1.165, 1.54) is 35.1 Å². The molecule has 1 aliphatic heterocycles. The second kappa shape index (κ2) is 10.8. The molecule has 198 valence electrons. The van der Waals surface area contributed by atoms with Gasteiger partial charge in [-0.05, 0) is 54.1 Å². The minimum atomic E-state index is -2.02. The third-order valence-electron chi connectivity index (χ3n) is 6.05. The van der Waals surface area contributed by atoms with Gasteiger partial charge < -0.3 is 20.5 Å². The normalized spacial score (nSPS) is 14.3. The SMILES string of the molecule is NC(=O)C1(C(Cc2ccc(F)cc2)NC(=O)c2cccnc2-n2ccc(-c3ccc(Cl)cc3Cl)n2)OC=CO1. The van der Waals surface area contributed by atoms with E-state index in [1.54, 1.807) is 42.6 Å². The number of aromatic nitrogens is 3. The summed E-state index contributed by atoms with van der Waals surface area (Å²) in [5.41, 5.74) is 7.57. The lowest BCUT2D eigenvalue weighted by Gasteiger charge is -2.33. The van der Waals surface area contributed by atoms with E-state index in [9.17, 15) is 14.0 Å². The van der Waals surface area contributed by atoms with Crippen molar-refractivity contribution in [3.8, 4) is 17.1 Å². The predicted molar refractivity (Wildman–Crippen MR) is 141 cm³/mol. The number of halogens is 3. The van der Waals surface area contributed by atoms with Gasteiger partial charge in [0.15, 0.2) is 5.82 Å². The summed E-state index contributed by atoms with van der Waals surface area (Å²) in [6.45, 7) is 0. The zero-order chi connectivity index (χ0) is 27.6. The molecule has 0 bridgehead atoms. The Bertz CT molecular complexity index is 1570. The number of ether oxygens (including phenoxy) is 2. The fourth-order valence-corrected chi connectivity index (χ4v) is 4.66. The van der Waals surface area contributed by atoms with Crippen molar-refractivity contribution in [2.75, 3.05) is 0 Å². The molecule has 9 nitrogen and oxygen atoms in total. The van der Waals surface area contributed by atoms with Crippen molar-refractivity contribution in [3.05, 3.63) is 113 Å². The first kappa shape index (κ1) is 26.2. The van der Waals surface area contributed by atoms with Crippen molar-refractivity contribution in [2.24, 2.45) is 5.73 Å². The molecule has 4 aromatic rings. The summed E-state index contributed by atoms with van der Waals surface area (Å²) in [6.07, 6.45) is 5.51. The number of hydrogen-bond acceptors (Lipinski definition) is 6. The third-order valence-corrected chi connectivity index (χ3v) is 6.59. The first-order chi connectivity index (χ1) is 18.8. The number of amides is 2. The van der Waals surface area contributed by atoms with E-state index in [0.717, 1.165) is 12.5 Å². The first-order valence-corrected chi connectivity index (χ1v) is 12.3. The van der Waals surface area contributed by atoms with Gasteiger partial charge in [-0.15, -0.1) is 0 Å². The maximum absolute atomic E-state index is 13.6. The standard InChI is InChI=1S/C27H20Cl2FN5O4/c28-17-5-8-19(21(29)15-17)22-9-11-35(34-22)24-20(2-1-10-32-24)25(36)33-23(14-16-3-6-18(30)7-4-16)27(26(31)37)38-12-13-39-27/h1-13,15,23H,14H2,(H2,31,37)(H,33,36). The molecular weight excluding hydrogens is 548 g/mol. The van der Waals surface area contributed by atoms with Gasteiger partial charge in [-0.2, -0.15) is 5.10 Å². The van der Waals surface area contributed by atoms with Gasteiger partial charge in [0.2, 0.25) is 0 Å². The monoisotopic (exact) mass is 567 g/mol. The molecule has 0 radical (unpaired) electrons. The van der Waals surface area contributed by atoms with Crippen molar-refractivity contribution >= 4 is 35.0 Å². The summed E-state index contributed by atoms with van der Waals surface area (Å²) in [4.78, 5) is 30.4. The maximum atomic E-state index is 13.6. The molecule has 0 saturated carbocycles. The summed E-state index contributed by atoms with van der Waals surface area (Å²) in [7, 11) is 0. The number of carbonyl (C=O) groups excluding carboxylic acids is 2. The number of pyridine rings is 1. The lowest BCUT2D eigenvalue weighted by molar-refractivity contribution is -0.182. The Hall–Kier alpha value is -4.41. The lowest BCUT2D eigenvalue weighted by Crippen LogP contribution is -2.61. The van der Waals surface area contributed by atoms with E-state index in [1.807, 2.05) is 0 Å². The van der Waals surface area contributed by atoms with E-state index in [4.69, 9.17) is 38.4 Å². The second-order valence-corrected chi connectivity index (χ2v) is 9.38. The van der Waals surface area contributed by atoms with Crippen molar-refractivity contribution in [1.29, 1.82) is 0 Å². The number of hydrogen-bond donors (Lipinski definition) is 2. The third kappa shape index (κ3) is 5.29. The smallest absolute Gasteiger partial charge is 0.352 e. The molecule has 0 aliphatic carbocycles. The van der Waals surface area contributed by atoms with Crippen LogP contribution in [-0.4, -0.2) is 38.4 Å². The molecule has 3 N–H and O–H groups in total. The van der Waals surface area contributed by atoms with Crippen LogP contribution in [-0.2, 0) is 20.7 Å². The van der Waals surface area contributed by atoms with Gasteiger partial charge in [0.25, 0.3) is 5.91 Å². The predicted octanol–water partition coefficient (Wildman–Crippen LogP) is 4.42. The molecule has 0 spiro atoms. The number of nitrogens with zero attached hydrogens (tertiary/aromatic N) is 3. The second-order valence-electron chi connectivity index (χ2n) is 8.54. The topological polar surface area (TPSA) is 121 Å². The number of carbonyl (C=O) groups is 2. The molecule has 1 unspecified atom stereocenters. The Kier molecular flexibility index (Phi) is 7.23. The maximum Gasteiger partial charge on any atom is 0.352 e. The molecule has 2 aromatic heterocycles. The Morgan fingerprint density at radius 3 is 2.51 bits per heavy atom. The van der Waals surface area contributed by atoms with Gasteiger partial charge in [0.1, 0.15) is 24.4 Å². The van der Waals surface area contributed by atoms with Crippen LogP contribution in [0.25, 0.3) is 17.1 Å². The van der Waals surface area contributed by atoms with E-state index in [2.05, 4.69) is 15.4 Å². The summed E-state index contributed by atoms with van der Waals surface area (Å²) < 4.78 is 25.8. The number of rotatable bonds is 8. The molecular formula is C27H20Cl2FN5O4. The largest absolute Gasteiger partial charge is 0.447 e. The Morgan fingerprint density at radius 2 is 1.82 bits per heavy atom. The average molecular weight is 568 g/mol. The van der Waals surface area contributed by atoms with E-state index in [0.29, 0.717) is 26.9 Å². The molecule has 1 aliphatic rings. The van der Waals surface area contributed by atoms with Crippen molar-refractivity contribution in [3.63, 3.8) is 0 Å². The van der Waals surface area contributed by atoms with Gasteiger partial charge >= 0.3 is 11.7 Å². The number of primary amides is 1. The quantitative estimate of drug-likeness (QED) is 0.325. The molecule has 0 fully saturated rings. The number of benzene rings is 2. The zero-order valence-electron chi connectivity index (χ0n) is 20.1. The van der Waals surface area contributed by atoms with E-state index < -0.39 is 29.5 Å². The van der Waals surface area contributed by atoms with Gasteiger partial charge in [-0.1, -0.05) is 35.3 Å². The van der Waals surface area contributed by atoms with E-state index in [-0.39, 0.29) is 17.8 Å². The highest BCUT2D eigenvalue weighted by Crippen LogP contribution is 2.30. The van der Waals surface area contributed by atoms with Crippen LogP contribution < -0.4 is 11.1 Å². The highest BCUT2D eigenvalue weighted by atomic mass is 35.5. The van der Waals surface area contributed by atoms with Crippen LogP contribution in [0.5, 0.6) is 0 Å². The summed E-state index contributed by atoms with van der Waals surface area (Å²) in [5.74, 6) is -3.80. The van der Waals surface area contributed by atoms with Crippen LogP contribution in [0.4, 0.5) is 4.39 Å². The van der Waals surface area contributed by atoms with Crippen molar-refractivity contribution < 1.29 is 23.5 Å². The Labute approximate surface area is 232 Å². The van der Waals surface area contributed by atoms with Crippen LogP contribution in [0.2, 0.25) is 10.0 Å². The van der Waals surface area contributed by atoms with Crippen molar-refractivity contribution in [1.82, 2.24) is 20.1 Å².